The van der Waals surface area contributed by atoms with Crippen molar-refractivity contribution >= 4 is 33.3 Å². The predicted molar refractivity (Wildman–Crippen MR) is 80.7 cm³/mol. The van der Waals surface area contributed by atoms with E-state index in [1.54, 1.807) is 0 Å². The van der Waals surface area contributed by atoms with Gasteiger partial charge in [-0.05, 0) is 30.3 Å². The molecule has 2 aromatic rings. The number of hydrogen-bond donors (Lipinski definition) is 0. The zero-order chi connectivity index (χ0) is 19.9. The minimum atomic E-state index is -5.20. The quantitative estimate of drug-likeness (QED) is 0.449. The zero-order valence-electron chi connectivity index (χ0n) is 12.1. The Labute approximate surface area is 153 Å². The van der Waals surface area contributed by atoms with Gasteiger partial charge in [0.2, 0.25) is 0 Å². The first kappa shape index (κ1) is 20.7. The molecule has 142 valence electrons. The molecule has 2 rings (SSSR count). The van der Waals surface area contributed by atoms with Crippen molar-refractivity contribution in [2.75, 3.05) is 0 Å². The second-order valence-corrected chi connectivity index (χ2v) is 7.22. The van der Waals surface area contributed by atoms with Crippen molar-refractivity contribution in [2.24, 2.45) is 0 Å². The van der Waals surface area contributed by atoms with Crippen molar-refractivity contribution in [3.63, 3.8) is 0 Å². The van der Waals surface area contributed by atoms with Crippen molar-refractivity contribution < 1.29 is 38.9 Å². The number of halogens is 8. The van der Waals surface area contributed by atoms with Crippen LogP contribution >= 0.6 is 23.2 Å². The van der Waals surface area contributed by atoms with E-state index in [-0.39, 0.29) is 28.2 Å². The summed E-state index contributed by atoms with van der Waals surface area (Å²) in [6.45, 7) is 0. The normalized spacial score (nSPS) is 12.9. The third-order valence-corrected chi connectivity index (χ3v) is 4.91. The molecule has 0 saturated heterocycles. The molecular weight excluding hydrogens is 433 g/mol. The van der Waals surface area contributed by atoms with Crippen LogP contribution < -0.4 is 4.18 Å². The van der Waals surface area contributed by atoms with Crippen LogP contribution in [0.1, 0.15) is 11.1 Å². The molecule has 0 aliphatic carbocycles. The Hall–Kier alpha value is -1.65. The van der Waals surface area contributed by atoms with Gasteiger partial charge in [-0.2, -0.15) is 34.8 Å². The fraction of sp³-hybridized carbons (Fsp3) is 0.143. The Bertz CT molecular complexity index is 906. The molecule has 2 aromatic carbocycles. The SMILES string of the molecule is O=S(=O)(Oc1ccc(Cl)c(Cl)c1)c1cc(C(F)(F)F)cc(C(F)(F)F)c1. The predicted octanol–water partition coefficient (Wildman–Crippen LogP) is 5.80. The smallest absolute Gasteiger partial charge is 0.379 e. The van der Waals surface area contributed by atoms with Gasteiger partial charge < -0.3 is 4.18 Å². The molecule has 0 amide bonds. The van der Waals surface area contributed by atoms with Gasteiger partial charge in [0.05, 0.1) is 21.2 Å². The summed E-state index contributed by atoms with van der Waals surface area (Å²) < 4.78 is 106. The highest BCUT2D eigenvalue weighted by atomic mass is 35.5. The van der Waals surface area contributed by atoms with E-state index in [1.165, 1.54) is 0 Å². The average molecular weight is 439 g/mol. The summed E-state index contributed by atoms with van der Waals surface area (Å²) >= 11 is 11.3. The lowest BCUT2D eigenvalue weighted by molar-refractivity contribution is -0.143. The van der Waals surface area contributed by atoms with Crippen LogP contribution in [0.3, 0.4) is 0 Å². The van der Waals surface area contributed by atoms with Crippen molar-refractivity contribution in [1.29, 1.82) is 0 Å². The van der Waals surface area contributed by atoms with Crippen LogP contribution in [0, 0.1) is 0 Å². The largest absolute Gasteiger partial charge is 0.416 e. The van der Waals surface area contributed by atoms with Gasteiger partial charge in [-0.25, -0.2) is 0 Å². The Balaban J connectivity index is 2.55. The lowest BCUT2D eigenvalue weighted by atomic mass is 10.1. The van der Waals surface area contributed by atoms with Crippen LogP contribution in [0.5, 0.6) is 5.75 Å². The summed E-state index contributed by atoms with van der Waals surface area (Å²) in [6, 6.07) is 3.01. The number of alkyl halides is 6. The van der Waals surface area contributed by atoms with Crippen LogP contribution in [0.25, 0.3) is 0 Å². The first-order valence-electron chi connectivity index (χ1n) is 6.39. The van der Waals surface area contributed by atoms with Crippen molar-refractivity contribution in [2.45, 2.75) is 17.2 Å². The van der Waals surface area contributed by atoms with Crippen LogP contribution in [0.4, 0.5) is 26.3 Å². The van der Waals surface area contributed by atoms with Gasteiger partial charge in [0.15, 0.2) is 0 Å². The minimum absolute atomic E-state index is 0.0369. The first-order chi connectivity index (χ1) is 11.7. The van der Waals surface area contributed by atoms with E-state index in [0.717, 1.165) is 18.2 Å². The van der Waals surface area contributed by atoms with Gasteiger partial charge in [-0.3, -0.25) is 0 Å². The summed E-state index contributed by atoms with van der Waals surface area (Å²) in [4.78, 5) is -1.31. The highest BCUT2D eigenvalue weighted by molar-refractivity contribution is 7.87. The zero-order valence-corrected chi connectivity index (χ0v) is 14.4. The summed E-state index contributed by atoms with van der Waals surface area (Å²) in [5.74, 6) is -0.439. The van der Waals surface area contributed by atoms with E-state index in [0.29, 0.717) is 0 Å². The minimum Gasteiger partial charge on any atom is -0.379 e. The molecule has 0 N–H and O–H groups in total. The van der Waals surface area contributed by atoms with Gasteiger partial charge in [0, 0.05) is 6.07 Å². The molecular formula is C14H6Cl2F6O3S. The summed E-state index contributed by atoms with van der Waals surface area (Å²) in [5.41, 5.74) is -3.58. The molecule has 0 aliphatic rings. The Kier molecular flexibility index (Phi) is 5.42. The number of rotatable bonds is 3. The topological polar surface area (TPSA) is 43.4 Å². The summed E-state index contributed by atoms with van der Waals surface area (Å²) in [5, 5.41) is -0.0887. The van der Waals surface area contributed by atoms with Gasteiger partial charge in [-0.15, -0.1) is 0 Å². The maximum absolute atomic E-state index is 12.8. The number of benzene rings is 2. The Morgan fingerprint density at radius 1 is 0.769 bits per heavy atom. The van der Waals surface area contributed by atoms with E-state index in [2.05, 4.69) is 4.18 Å². The van der Waals surface area contributed by atoms with Gasteiger partial charge in [0.25, 0.3) is 0 Å². The summed E-state index contributed by atoms with van der Waals surface area (Å²) in [7, 11) is -5.01. The molecule has 0 atom stereocenters. The Morgan fingerprint density at radius 2 is 1.27 bits per heavy atom. The molecule has 0 radical (unpaired) electrons. The van der Waals surface area contributed by atoms with Crippen molar-refractivity contribution in [3.05, 3.63) is 57.6 Å². The third-order valence-electron chi connectivity index (χ3n) is 2.95. The van der Waals surface area contributed by atoms with Crippen LogP contribution in [-0.2, 0) is 22.5 Å². The fourth-order valence-electron chi connectivity index (χ4n) is 1.77. The van der Waals surface area contributed by atoms with Gasteiger partial charge in [-0.1, -0.05) is 23.2 Å². The second kappa shape index (κ2) is 6.82. The van der Waals surface area contributed by atoms with E-state index in [1.807, 2.05) is 0 Å². The highest BCUT2D eigenvalue weighted by Crippen LogP contribution is 2.38. The first-order valence-corrected chi connectivity index (χ1v) is 8.55. The molecule has 0 unspecified atom stereocenters. The van der Waals surface area contributed by atoms with Gasteiger partial charge in [0.1, 0.15) is 10.6 Å². The van der Waals surface area contributed by atoms with E-state index in [9.17, 15) is 34.8 Å². The molecule has 0 aliphatic heterocycles. The molecule has 26 heavy (non-hydrogen) atoms. The van der Waals surface area contributed by atoms with Crippen molar-refractivity contribution in [3.8, 4) is 5.75 Å². The maximum atomic E-state index is 12.8. The maximum Gasteiger partial charge on any atom is 0.416 e. The molecule has 0 bridgehead atoms. The van der Waals surface area contributed by atoms with Crippen LogP contribution in [0.15, 0.2) is 41.3 Å². The van der Waals surface area contributed by atoms with Gasteiger partial charge >= 0.3 is 22.5 Å². The standard InChI is InChI=1S/C14H6Cl2F6O3S/c15-11-2-1-9(6-12(11)16)25-26(23,24)10-4-7(13(17,18)19)3-8(5-10)14(20,21)22/h1-6H. The monoisotopic (exact) mass is 438 g/mol. The molecule has 12 heteroatoms. The van der Waals surface area contributed by atoms with E-state index >= 15 is 0 Å². The van der Waals surface area contributed by atoms with Crippen molar-refractivity contribution in [1.82, 2.24) is 0 Å². The van der Waals surface area contributed by atoms with Crippen LogP contribution in [0.2, 0.25) is 10.0 Å². The van der Waals surface area contributed by atoms with E-state index in [4.69, 9.17) is 23.2 Å². The average Bonchev–Trinajstić information content (AvgIpc) is 2.48. The second-order valence-electron chi connectivity index (χ2n) is 4.85. The highest BCUT2D eigenvalue weighted by Gasteiger charge is 2.38. The molecule has 0 fully saturated rings. The third kappa shape index (κ3) is 4.74. The lowest BCUT2D eigenvalue weighted by Gasteiger charge is -2.14. The molecule has 0 heterocycles. The molecule has 0 saturated carbocycles. The van der Waals surface area contributed by atoms with E-state index < -0.39 is 44.2 Å². The van der Waals surface area contributed by atoms with Crippen LogP contribution in [-0.4, -0.2) is 8.42 Å². The molecule has 3 nitrogen and oxygen atoms in total. The summed E-state index contributed by atoms with van der Waals surface area (Å²) in [6.07, 6.45) is -10.4. The molecule has 0 aromatic heterocycles. The fourth-order valence-corrected chi connectivity index (χ4v) is 3.06. The molecule has 0 spiro atoms. The Morgan fingerprint density at radius 3 is 1.69 bits per heavy atom. The number of hydrogen-bond acceptors (Lipinski definition) is 3. The lowest BCUT2D eigenvalue weighted by Crippen LogP contribution is -2.16.